The van der Waals surface area contributed by atoms with Gasteiger partial charge in [-0.15, -0.1) is 0 Å². The monoisotopic (exact) mass is 354 g/mol. The van der Waals surface area contributed by atoms with Crippen LogP contribution in [0.5, 0.6) is 0 Å². The summed E-state index contributed by atoms with van der Waals surface area (Å²) >= 11 is 0. The van der Waals surface area contributed by atoms with E-state index in [1.165, 1.54) is 0 Å². The first kappa shape index (κ1) is 17.4. The summed E-state index contributed by atoms with van der Waals surface area (Å²) in [4.78, 5) is 22.1. The molecule has 2 unspecified atom stereocenters. The van der Waals surface area contributed by atoms with E-state index in [4.69, 9.17) is 0 Å². The average Bonchev–Trinajstić information content (AvgIpc) is 2.60. The van der Waals surface area contributed by atoms with Gasteiger partial charge >= 0.3 is 5.97 Å². The molecule has 4 nitrogen and oxygen atoms in total. The van der Waals surface area contributed by atoms with Gasteiger partial charge in [0.05, 0.1) is 12.1 Å². The normalized spacial score (nSPS) is 14.8. The van der Waals surface area contributed by atoms with Crippen LogP contribution in [0.3, 0.4) is 0 Å². The fourth-order valence-electron chi connectivity index (χ4n) is 3.06. The fourth-order valence-corrected chi connectivity index (χ4v) is 4.93. The van der Waals surface area contributed by atoms with Gasteiger partial charge in [-0.25, -0.2) is 0 Å². The van der Waals surface area contributed by atoms with Crippen molar-refractivity contribution in [1.82, 2.24) is 0 Å². The van der Waals surface area contributed by atoms with Crippen molar-refractivity contribution in [3.63, 3.8) is 0 Å². The maximum absolute atomic E-state index is 12.8. The Kier molecular flexibility index (Phi) is 5.03. The fraction of sp³-hybridized carbons (Fsp3) is 0.150. The standard InChI is InChI=1S/C20H19O4P/c21-20(22)19(16-7-2-1-3-8-16)14-25(23,24)13-17-11-6-10-15-9-4-5-12-18(15)17/h1-12,19H,13-14H2,(H,21,22)(H,23,24). The SMILES string of the molecule is O=C(O)C(CP(=O)(O)Cc1cccc2ccccc12)c1ccccc1. The highest BCUT2D eigenvalue weighted by Gasteiger charge is 2.30. The first-order valence-electron chi connectivity index (χ1n) is 8.01. The van der Waals surface area contributed by atoms with Gasteiger partial charge in [0.1, 0.15) is 0 Å². The second-order valence-electron chi connectivity index (χ2n) is 6.13. The summed E-state index contributed by atoms with van der Waals surface area (Å²) in [5.74, 6) is -2.08. The molecule has 128 valence electrons. The van der Waals surface area contributed by atoms with Crippen molar-refractivity contribution in [1.29, 1.82) is 0 Å². The Hall–Kier alpha value is -2.42. The van der Waals surface area contributed by atoms with Gasteiger partial charge in [-0.1, -0.05) is 72.8 Å². The molecule has 3 aromatic rings. The summed E-state index contributed by atoms with van der Waals surface area (Å²) in [6, 6.07) is 21.9. The highest BCUT2D eigenvalue weighted by molar-refractivity contribution is 7.57. The van der Waals surface area contributed by atoms with Gasteiger partial charge in [-0.3, -0.25) is 9.36 Å². The zero-order valence-electron chi connectivity index (χ0n) is 13.6. The summed E-state index contributed by atoms with van der Waals surface area (Å²) < 4.78 is 12.8. The lowest BCUT2D eigenvalue weighted by atomic mass is 10.0. The highest BCUT2D eigenvalue weighted by Crippen LogP contribution is 2.49. The van der Waals surface area contributed by atoms with Crippen LogP contribution in [0.2, 0.25) is 0 Å². The molecule has 0 aliphatic carbocycles. The predicted octanol–water partition coefficient (Wildman–Crippen LogP) is 4.48. The second kappa shape index (κ2) is 7.22. The van der Waals surface area contributed by atoms with E-state index in [9.17, 15) is 19.4 Å². The molecule has 2 atom stereocenters. The van der Waals surface area contributed by atoms with Crippen molar-refractivity contribution in [2.75, 3.05) is 6.16 Å². The van der Waals surface area contributed by atoms with Gasteiger partial charge in [-0.2, -0.15) is 0 Å². The summed E-state index contributed by atoms with van der Waals surface area (Å²) in [5, 5.41) is 11.4. The van der Waals surface area contributed by atoms with Crippen LogP contribution in [0.1, 0.15) is 17.0 Å². The number of carboxylic acid groups (broad SMARTS) is 1. The quantitative estimate of drug-likeness (QED) is 0.640. The first-order valence-corrected chi connectivity index (χ1v) is 10.0. The maximum atomic E-state index is 12.8. The molecule has 0 aromatic heterocycles. The number of hydrogen-bond donors (Lipinski definition) is 2. The lowest BCUT2D eigenvalue weighted by Gasteiger charge is -2.18. The van der Waals surface area contributed by atoms with Crippen LogP contribution in [0.15, 0.2) is 72.8 Å². The number of carbonyl (C=O) groups is 1. The molecule has 2 N–H and O–H groups in total. The minimum atomic E-state index is -3.68. The van der Waals surface area contributed by atoms with Crippen LogP contribution in [-0.2, 0) is 15.5 Å². The second-order valence-corrected chi connectivity index (χ2v) is 8.50. The molecule has 0 bridgehead atoms. The number of hydrogen-bond acceptors (Lipinski definition) is 2. The molecule has 0 heterocycles. The topological polar surface area (TPSA) is 74.6 Å². The number of rotatable bonds is 6. The zero-order chi connectivity index (χ0) is 17.9. The van der Waals surface area contributed by atoms with Gasteiger partial charge in [0, 0.05) is 6.16 Å². The zero-order valence-corrected chi connectivity index (χ0v) is 14.5. The van der Waals surface area contributed by atoms with Gasteiger partial charge in [-0.05, 0) is 21.9 Å². The van der Waals surface area contributed by atoms with Crippen molar-refractivity contribution in [2.24, 2.45) is 0 Å². The third kappa shape index (κ3) is 4.16. The summed E-state index contributed by atoms with van der Waals surface area (Å²) in [5.41, 5.74) is 1.31. The molecule has 0 aliphatic heterocycles. The van der Waals surface area contributed by atoms with Crippen molar-refractivity contribution < 1.29 is 19.4 Å². The van der Waals surface area contributed by atoms with Crippen LogP contribution in [-0.4, -0.2) is 22.1 Å². The number of carboxylic acids is 1. The Morgan fingerprint density at radius 2 is 1.56 bits per heavy atom. The maximum Gasteiger partial charge on any atom is 0.311 e. The smallest absolute Gasteiger partial charge is 0.311 e. The van der Waals surface area contributed by atoms with E-state index in [0.29, 0.717) is 5.56 Å². The molecule has 0 saturated heterocycles. The third-order valence-corrected chi connectivity index (χ3v) is 6.04. The summed E-state index contributed by atoms with van der Waals surface area (Å²) in [7, 11) is -3.68. The van der Waals surface area contributed by atoms with Crippen LogP contribution < -0.4 is 0 Å². The summed E-state index contributed by atoms with van der Waals surface area (Å²) in [6.07, 6.45) is -0.319. The molecular formula is C20H19O4P. The lowest BCUT2D eigenvalue weighted by molar-refractivity contribution is -0.138. The molecule has 0 saturated carbocycles. The molecule has 3 aromatic carbocycles. The molecule has 0 radical (unpaired) electrons. The number of aliphatic carboxylic acids is 1. The van der Waals surface area contributed by atoms with E-state index in [0.717, 1.165) is 16.3 Å². The van der Waals surface area contributed by atoms with Crippen molar-refractivity contribution >= 4 is 24.1 Å². The Morgan fingerprint density at radius 1 is 0.920 bits per heavy atom. The van der Waals surface area contributed by atoms with E-state index >= 15 is 0 Å². The van der Waals surface area contributed by atoms with Crippen LogP contribution in [0.4, 0.5) is 0 Å². The average molecular weight is 354 g/mol. The number of benzene rings is 3. The predicted molar refractivity (Wildman–Crippen MR) is 99.2 cm³/mol. The molecule has 0 amide bonds. The molecule has 5 heteroatoms. The van der Waals surface area contributed by atoms with Gasteiger partial charge < -0.3 is 10.00 Å². The van der Waals surface area contributed by atoms with E-state index < -0.39 is 19.3 Å². The lowest BCUT2D eigenvalue weighted by Crippen LogP contribution is -2.16. The minimum Gasteiger partial charge on any atom is -0.481 e. The van der Waals surface area contributed by atoms with E-state index in [-0.39, 0.29) is 12.3 Å². The van der Waals surface area contributed by atoms with Gasteiger partial charge in [0.25, 0.3) is 0 Å². The Balaban J connectivity index is 1.88. The molecule has 0 aliphatic rings. The highest BCUT2D eigenvalue weighted by atomic mass is 31.2. The molecule has 0 spiro atoms. The van der Waals surface area contributed by atoms with Gasteiger partial charge in [0.2, 0.25) is 7.37 Å². The van der Waals surface area contributed by atoms with Crippen molar-refractivity contribution in [3.8, 4) is 0 Å². The largest absolute Gasteiger partial charge is 0.481 e. The molecule has 0 fully saturated rings. The summed E-state index contributed by atoms with van der Waals surface area (Å²) in [6.45, 7) is 0. The minimum absolute atomic E-state index is 0.0367. The number of fused-ring (bicyclic) bond motifs is 1. The van der Waals surface area contributed by atoms with E-state index in [2.05, 4.69) is 0 Å². The van der Waals surface area contributed by atoms with E-state index in [1.807, 2.05) is 42.5 Å². The molecule has 25 heavy (non-hydrogen) atoms. The molecular weight excluding hydrogens is 335 g/mol. The Morgan fingerprint density at radius 3 is 2.28 bits per heavy atom. The first-order chi connectivity index (χ1) is 12.0. The van der Waals surface area contributed by atoms with Crippen LogP contribution >= 0.6 is 7.37 Å². The van der Waals surface area contributed by atoms with Crippen molar-refractivity contribution in [3.05, 3.63) is 83.9 Å². The van der Waals surface area contributed by atoms with E-state index in [1.54, 1.807) is 30.3 Å². The Bertz CT molecular complexity index is 931. The van der Waals surface area contributed by atoms with Gasteiger partial charge in [0.15, 0.2) is 0 Å². The Labute approximate surface area is 146 Å². The third-order valence-electron chi connectivity index (χ3n) is 4.27. The van der Waals surface area contributed by atoms with Crippen LogP contribution in [0, 0.1) is 0 Å². The molecule has 3 rings (SSSR count). The van der Waals surface area contributed by atoms with Crippen molar-refractivity contribution in [2.45, 2.75) is 12.1 Å². The van der Waals surface area contributed by atoms with Crippen LogP contribution in [0.25, 0.3) is 10.8 Å².